The van der Waals surface area contributed by atoms with Crippen molar-refractivity contribution in [3.05, 3.63) is 29.8 Å². The molecule has 2 N–H and O–H groups in total. The van der Waals surface area contributed by atoms with Crippen molar-refractivity contribution in [1.29, 1.82) is 0 Å². The van der Waals surface area contributed by atoms with E-state index in [4.69, 9.17) is 10.5 Å². The first-order chi connectivity index (χ1) is 8.61. The maximum atomic E-state index is 5.98. The lowest BCUT2D eigenvalue weighted by molar-refractivity contribution is -0.0000725. The Morgan fingerprint density at radius 1 is 1.39 bits per heavy atom. The number of likely N-dealkylation sites (N-methyl/N-ethyl adjacent to an activating group) is 1. The van der Waals surface area contributed by atoms with Crippen molar-refractivity contribution in [3.63, 3.8) is 0 Å². The highest BCUT2D eigenvalue weighted by Crippen LogP contribution is 2.41. The molecule has 18 heavy (non-hydrogen) atoms. The maximum Gasteiger partial charge on any atom is 0.123 e. The first-order valence-electron chi connectivity index (χ1n) is 6.64. The van der Waals surface area contributed by atoms with Gasteiger partial charge in [-0.25, -0.2) is 0 Å². The van der Waals surface area contributed by atoms with E-state index in [0.717, 1.165) is 24.8 Å². The number of hydrogen-bond acceptors (Lipinski definition) is 3. The van der Waals surface area contributed by atoms with Crippen LogP contribution in [-0.2, 0) is 6.54 Å². The zero-order chi connectivity index (χ0) is 13.2. The van der Waals surface area contributed by atoms with E-state index in [-0.39, 0.29) is 5.54 Å². The molecule has 0 unspecified atom stereocenters. The van der Waals surface area contributed by atoms with Crippen LogP contribution in [0.3, 0.4) is 0 Å². The van der Waals surface area contributed by atoms with E-state index >= 15 is 0 Å². The molecule has 3 nitrogen and oxygen atoms in total. The lowest BCUT2D eigenvalue weighted by Gasteiger charge is -2.52. The van der Waals surface area contributed by atoms with Gasteiger partial charge in [0.05, 0.1) is 7.11 Å². The minimum Gasteiger partial charge on any atom is -0.496 e. The fourth-order valence-corrected chi connectivity index (χ4v) is 3.13. The molecule has 1 saturated carbocycles. The molecule has 0 saturated heterocycles. The average molecular weight is 248 g/mol. The Morgan fingerprint density at radius 3 is 2.61 bits per heavy atom. The minimum absolute atomic E-state index is 0.195. The Hall–Kier alpha value is -1.06. The van der Waals surface area contributed by atoms with Crippen molar-refractivity contribution in [2.45, 2.75) is 31.8 Å². The lowest BCUT2D eigenvalue weighted by atomic mass is 9.68. The highest BCUT2D eigenvalue weighted by atomic mass is 16.5. The summed E-state index contributed by atoms with van der Waals surface area (Å²) in [4.78, 5) is 2.39. The molecule has 1 aromatic carbocycles. The van der Waals surface area contributed by atoms with Gasteiger partial charge in [-0.15, -0.1) is 0 Å². The monoisotopic (exact) mass is 248 g/mol. The van der Waals surface area contributed by atoms with Crippen LogP contribution < -0.4 is 10.5 Å². The summed E-state index contributed by atoms with van der Waals surface area (Å²) in [6.07, 6.45) is 2.41. The fraction of sp³-hybridized carbons (Fsp3) is 0.600. The number of nitrogens with two attached hydrogens (primary N) is 1. The summed E-state index contributed by atoms with van der Waals surface area (Å²) >= 11 is 0. The standard InChI is InChI=1S/C15H24N2O/c1-12-8-15(9-12,11-16)17(2)10-13-6-4-5-7-14(13)18-3/h4-7,12H,8-11,16H2,1-3H3. The first-order valence-corrected chi connectivity index (χ1v) is 6.64. The SMILES string of the molecule is COc1ccccc1CN(C)C1(CN)CC(C)C1. The Bertz CT molecular complexity index is 399. The first kappa shape index (κ1) is 13.4. The molecule has 100 valence electrons. The van der Waals surface area contributed by atoms with Gasteiger partial charge >= 0.3 is 0 Å². The van der Waals surface area contributed by atoms with E-state index in [2.05, 4.69) is 31.0 Å². The van der Waals surface area contributed by atoms with E-state index in [1.165, 1.54) is 18.4 Å². The number of nitrogens with zero attached hydrogens (tertiary/aromatic N) is 1. The second-order valence-electron chi connectivity index (χ2n) is 5.61. The third-order valence-corrected chi connectivity index (χ3v) is 4.25. The largest absolute Gasteiger partial charge is 0.496 e. The van der Waals surface area contributed by atoms with Crippen LogP contribution in [0.15, 0.2) is 24.3 Å². The van der Waals surface area contributed by atoms with E-state index in [9.17, 15) is 0 Å². The van der Waals surface area contributed by atoms with Crippen molar-refractivity contribution in [3.8, 4) is 5.75 Å². The highest BCUT2D eigenvalue weighted by molar-refractivity contribution is 5.33. The molecule has 1 fully saturated rings. The maximum absolute atomic E-state index is 5.98. The molecule has 0 aliphatic heterocycles. The van der Waals surface area contributed by atoms with E-state index in [1.54, 1.807) is 7.11 Å². The Kier molecular flexibility index (Phi) is 3.93. The summed E-state index contributed by atoms with van der Waals surface area (Å²) < 4.78 is 5.41. The predicted molar refractivity (Wildman–Crippen MR) is 74.6 cm³/mol. The van der Waals surface area contributed by atoms with Crippen molar-refractivity contribution in [1.82, 2.24) is 4.90 Å². The topological polar surface area (TPSA) is 38.5 Å². The third kappa shape index (κ3) is 2.38. The van der Waals surface area contributed by atoms with E-state index < -0.39 is 0 Å². The van der Waals surface area contributed by atoms with Gasteiger partial charge in [0.2, 0.25) is 0 Å². The molecule has 1 aliphatic rings. The zero-order valence-corrected chi connectivity index (χ0v) is 11.6. The van der Waals surface area contributed by atoms with Crippen LogP contribution in [0, 0.1) is 5.92 Å². The summed E-state index contributed by atoms with van der Waals surface area (Å²) in [5.74, 6) is 1.76. The summed E-state index contributed by atoms with van der Waals surface area (Å²) in [6.45, 7) is 3.93. The molecule has 1 aromatic rings. The van der Waals surface area contributed by atoms with Gasteiger partial charge in [0, 0.05) is 24.2 Å². The molecule has 0 atom stereocenters. The van der Waals surface area contributed by atoms with Gasteiger partial charge in [-0.1, -0.05) is 25.1 Å². The number of ether oxygens (including phenoxy) is 1. The van der Waals surface area contributed by atoms with Crippen LogP contribution in [-0.4, -0.2) is 31.1 Å². The van der Waals surface area contributed by atoms with Gasteiger partial charge in [0.15, 0.2) is 0 Å². The van der Waals surface area contributed by atoms with Gasteiger partial charge in [-0.2, -0.15) is 0 Å². The van der Waals surface area contributed by atoms with Crippen LogP contribution in [0.1, 0.15) is 25.3 Å². The zero-order valence-electron chi connectivity index (χ0n) is 11.6. The van der Waals surface area contributed by atoms with Gasteiger partial charge in [0.1, 0.15) is 5.75 Å². The highest BCUT2D eigenvalue weighted by Gasteiger charge is 2.43. The average Bonchev–Trinajstić information content (AvgIpc) is 2.35. The summed E-state index contributed by atoms with van der Waals surface area (Å²) in [5, 5.41) is 0. The smallest absolute Gasteiger partial charge is 0.123 e. The van der Waals surface area contributed by atoms with Crippen LogP contribution in [0.5, 0.6) is 5.75 Å². The molecule has 0 aromatic heterocycles. The molecule has 0 spiro atoms. The minimum atomic E-state index is 0.195. The van der Waals surface area contributed by atoms with Gasteiger partial charge in [0.25, 0.3) is 0 Å². The van der Waals surface area contributed by atoms with Crippen molar-refractivity contribution < 1.29 is 4.74 Å². The van der Waals surface area contributed by atoms with E-state index in [1.807, 2.05) is 12.1 Å². The lowest BCUT2D eigenvalue weighted by Crippen LogP contribution is -2.59. The second-order valence-corrected chi connectivity index (χ2v) is 5.61. The second kappa shape index (κ2) is 5.29. The molecule has 0 amide bonds. The number of methoxy groups -OCH3 is 1. The van der Waals surface area contributed by atoms with Gasteiger partial charge in [-0.05, 0) is 31.9 Å². The van der Waals surface area contributed by atoms with Crippen LogP contribution in [0.4, 0.5) is 0 Å². The summed E-state index contributed by atoms with van der Waals surface area (Å²) in [5.41, 5.74) is 7.41. The van der Waals surface area contributed by atoms with Crippen molar-refractivity contribution in [2.24, 2.45) is 11.7 Å². The van der Waals surface area contributed by atoms with Gasteiger partial charge in [-0.3, -0.25) is 4.90 Å². The van der Waals surface area contributed by atoms with Crippen LogP contribution in [0.25, 0.3) is 0 Å². The van der Waals surface area contributed by atoms with Crippen LogP contribution >= 0.6 is 0 Å². The molecule has 0 bridgehead atoms. The van der Waals surface area contributed by atoms with Crippen molar-refractivity contribution >= 4 is 0 Å². The molecule has 0 heterocycles. The molecule has 3 heteroatoms. The van der Waals surface area contributed by atoms with Gasteiger partial charge < -0.3 is 10.5 Å². The molecule has 1 aliphatic carbocycles. The van der Waals surface area contributed by atoms with Crippen molar-refractivity contribution in [2.75, 3.05) is 20.7 Å². The quantitative estimate of drug-likeness (QED) is 0.868. The predicted octanol–water partition coefficient (Wildman–Crippen LogP) is 2.25. The molecule has 0 radical (unpaired) electrons. The third-order valence-electron chi connectivity index (χ3n) is 4.25. The molecular formula is C15H24N2O. The number of hydrogen-bond donors (Lipinski definition) is 1. The fourth-order valence-electron chi connectivity index (χ4n) is 3.13. The number of rotatable bonds is 5. The van der Waals surface area contributed by atoms with Crippen LogP contribution in [0.2, 0.25) is 0 Å². The summed E-state index contributed by atoms with van der Waals surface area (Å²) in [7, 11) is 3.90. The normalized spacial score (nSPS) is 27.1. The summed E-state index contributed by atoms with van der Waals surface area (Å²) in [6, 6.07) is 8.21. The van der Waals surface area contributed by atoms with E-state index in [0.29, 0.717) is 0 Å². The Morgan fingerprint density at radius 2 is 2.06 bits per heavy atom. The number of benzene rings is 1. The Labute approximate surface area is 110 Å². The number of para-hydroxylation sites is 1. The molecule has 2 rings (SSSR count). The molecular weight excluding hydrogens is 224 g/mol. The Balaban J connectivity index is 2.09.